The molecule has 2 heteroatoms. The van der Waals surface area contributed by atoms with Crippen LogP contribution in [0, 0.1) is 5.41 Å². The van der Waals surface area contributed by atoms with Crippen LogP contribution >= 0.6 is 0 Å². The van der Waals surface area contributed by atoms with Crippen molar-refractivity contribution in [2.45, 2.75) is 40.2 Å². The molecule has 18 heavy (non-hydrogen) atoms. The zero-order valence-corrected chi connectivity index (χ0v) is 11.6. The third-order valence-electron chi connectivity index (χ3n) is 2.81. The largest absolute Gasteiger partial charge is 0.458 e. The van der Waals surface area contributed by atoms with Crippen molar-refractivity contribution in [1.29, 1.82) is 0 Å². The fraction of sp³-hybridized carbons (Fsp3) is 0.438. The molecule has 1 aromatic rings. The molecular formula is C16H22O2. The lowest BCUT2D eigenvalue weighted by molar-refractivity contribution is -0.00139. The molecule has 1 atom stereocenters. The molecule has 0 aliphatic carbocycles. The minimum atomic E-state index is -0.250. The normalized spacial score (nSPS) is 13.6. The first kappa shape index (κ1) is 14.5. The average molecular weight is 246 g/mol. The minimum absolute atomic E-state index is 0.0655. The molecule has 0 bridgehead atoms. The number of hydrogen-bond acceptors (Lipinski definition) is 2. The molecule has 2 nitrogen and oxygen atoms in total. The highest BCUT2D eigenvalue weighted by Gasteiger charge is 2.27. The molecule has 1 rings (SSSR count). The van der Waals surface area contributed by atoms with E-state index in [0.717, 1.165) is 6.42 Å². The molecule has 0 aliphatic heterocycles. The molecule has 1 unspecified atom stereocenters. The number of allylic oxidation sites excluding steroid dienone is 1. The first-order chi connectivity index (χ1) is 8.45. The molecule has 0 spiro atoms. The summed E-state index contributed by atoms with van der Waals surface area (Å²) in [5, 5.41) is 0. The summed E-state index contributed by atoms with van der Waals surface area (Å²) in [6, 6.07) is 9.12. The van der Waals surface area contributed by atoms with E-state index in [1.807, 2.05) is 37.3 Å². The standard InChI is InChI=1S/C16H22O2/c1-5-6-12-14(16(2,3)4)18-15(17)13-10-8-7-9-11-13/h5-11,14H,12H2,1-4H3/b6-5-. The summed E-state index contributed by atoms with van der Waals surface area (Å²) in [7, 11) is 0. The molecule has 0 saturated heterocycles. The van der Waals surface area contributed by atoms with Crippen molar-refractivity contribution in [2.75, 3.05) is 0 Å². The van der Waals surface area contributed by atoms with Crippen molar-refractivity contribution < 1.29 is 9.53 Å². The number of carbonyl (C=O) groups excluding carboxylic acids is 1. The van der Waals surface area contributed by atoms with Gasteiger partial charge in [0.1, 0.15) is 6.10 Å². The Morgan fingerprint density at radius 1 is 1.28 bits per heavy atom. The molecule has 0 fully saturated rings. The predicted molar refractivity (Wildman–Crippen MR) is 74.5 cm³/mol. The molecule has 98 valence electrons. The van der Waals surface area contributed by atoms with Gasteiger partial charge in [0.25, 0.3) is 0 Å². The highest BCUT2D eigenvalue weighted by atomic mass is 16.5. The van der Waals surface area contributed by atoms with Crippen LogP contribution in [0.5, 0.6) is 0 Å². The highest BCUT2D eigenvalue weighted by molar-refractivity contribution is 5.89. The van der Waals surface area contributed by atoms with Crippen molar-refractivity contribution in [3.63, 3.8) is 0 Å². The summed E-state index contributed by atoms with van der Waals surface area (Å²) in [5.41, 5.74) is 0.538. The lowest BCUT2D eigenvalue weighted by Crippen LogP contribution is -2.31. The summed E-state index contributed by atoms with van der Waals surface area (Å²) in [4.78, 5) is 12.0. The Morgan fingerprint density at radius 3 is 2.39 bits per heavy atom. The highest BCUT2D eigenvalue weighted by Crippen LogP contribution is 2.26. The van der Waals surface area contributed by atoms with Gasteiger partial charge in [-0.15, -0.1) is 0 Å². The van der Waals surface area contributed by atoms with Gasteiger partial charge in [-0.05, 0) is 24.5 Å². The van der Waals surface area contributed by atoms with Crippen molar-refractivity contribution in [3.05, 3.63) is 48.0 Å². The van der Waals surface area contributed by atoms with Crippen LogP contribution in [0.15, 0.2) is 42.5 Å². The molecule has 0 N–H and O–H groups in total. The van der Waals surface area contributed by atoms with E-state index in [1.54, 1.807) is 12.1 Å². The van der Waals surface area contributed by atoms with Crippen LogP contribution in [-0.4, -0.2) is 12.1 Å². The zero-order valence-electron chi connectivity index (χ0n) is 11.6. The van der Waals surface area contributed by atoms with Gasteiger partial charge in [-0.3, -0.25) is 0 Å². The second-order valence-corrected chi connectivity index (χ2v) is 5.43. The first-order valence-electron chi connectivity index (χ1n) is 6.32. The van der Waals surface area contributed by atoms with Crippen molar-refractivity contribution in [1.82, 2.24) is 0 Å². The summed E-state index contributed by atoms with van der Waals surface area (Å²) < 4.78 is 5.61. The van der Waals surface area contributed by atoms with Crippen LogP contribution in [0.3, 0.4) is 0 Å². The molecule has 0 heterocycles. The van der Waals surface area contributed by atoms with Crippen LogP contribution in [0.2, 0.25) is 0 Å². The molecule has 0 amide bonds. The van der Waals surface area contributed by atoms with E-state index < -0.39 is 0 Å². The Balaban J connectivity index is 2.75. The summed E-state index contributed by atoms with van der Waals surface area (Å²) in [6.07, 6.45) is 4.66. The average Bonchev–Trinajstić information content (AvgIpc) is 2.34. The third kappa shape index (κ3) is 4.36. The fourth-order valence-corrected chi connectivity index (χ4v) is 1.61. The van der Waals surface area contributed by atoms with Gasteiger partial charge in [0.05, 0.1) is 5.56 Å². The first-order valence-corrected chi connectivity index (χ1v) is 6.32. The number of esters is 1. The van der Waals surface area contributed by atoms with Gasteiger partial charge < -0.3 is 4.74 Å². The second-order valence-electron chi connectivity index (χ2n) is 5.43. The maximum Gasteiger partial charge on any atom is 0.338 e. The molecule has 0 aromatic heterocycles. The lowest BCUT2D eigenvalue weighted by atomic mass is 9.87. The van der Waals surface area contributed by atoms with Crippen LogP contribution in [0.4, 0.5) is 0 Å². The molecule has 0 radical (unpaired) electrons. The van der Waals surface area contributed by atoms with Crippen LogP contribution < -0.4 is 0 Å². The predicted octanol–water partition coefficient (Wildman–Crippen LogP) is 4.22. The Labute approximate surface area is 110 Å². The van der Waals surface area contributed by atoms with E-state index in [9.17, 15) is 4.79 Å². The maximum atomic E-state index is 12.0. The van der Waals surface area contributed by atoms with Gasteiger partial charge in [-0.1, -0.05) is 51.1 Å². The van der Waals surface area contributed by atoms with E-state index in [1.165, 1.54) is 0 Å². The van der Waals surface area contributed by atoms with Gasteiger partial charge in [0.2, 0.25) is 0 Å². The van der Waals surface area contributed by atoms with E-state index >= 15 is 0 Å². The van der Waals surface area contributed by atoms with E-state index in [4.69, 9.17) is 4.74 Å². The van der Waals surface area contributed by atoms with Crippen LogP contribution in [-0.2, 0) is 4.74 Å². The van der Waals surface area contributed by atoms with Crippen molar-refractivity contribution >= 4 is 5.97 Å². The smallest absolute Gasteiger partial charge is 0.338 e. The SMILES string of the molecule is C/C=C\CC(OC(=O)c1ccccc1)C(C)(C)C. The van der Waals surface area contributed by atoms with Crippen molar-refractivity contribution in [2.24, 2.45) is 5.41 Å². The van der Waals surface area contributed by atoms with Crippen molar-refractivity contribution in [3.8, 4) is 0 Å². The summed E-state index contributed by atoms with van der Waals surface area (Å²) in [5.74, 6) is -0.250. The molecule has 1 aromatic carbocycles. The van der Waals surface area contributed by atoms with E-state index in [2.05, 4.69) is 20.8 Å². The summed E-state index contributed by atoms with van der Waals surface area (Å²) in [6.45, 7) is 8.22. The van der Waals surface area contributed by atoms with Gasteiger partial charge in [0.15, 0.2) is 0 Å². The van der Waals surface area contributed by atoms with E-state index in [0.29, 0.717) is 5.56 Å². The van der Waals surface area contributed by atoms with Gasteiger partial charge in [-0.2, -0.15) is 0 Å². The number of ether oxygens (including phenoxy) is 1. The molecule has 0 aliphatic rings. The number of benzene rings is 1. The van der Waals surface area contributed by atoms with E-state index in [-0.39, 0.29) is 17.5 Å². The van der Waals surface area contributed by atoms with Crippen LogP contribution in [0.25, 0.3) is 0 Å². The topological polar surface area (TPSA) is 26.3 Å². The Hall–Kier alpha value is -1.57. The monoisotopic (exact) mass is 246 g/mol. The fourth-order valence-electron chi connectivity index (χ4n) is 1.61. The zero-order chi connectivity index (χ0) is 13.6. The van der Waals surface area contributed by atoms with Gasteiger partial charge >= 0.3 is 5.97 Å². The van der Waals surface area contributed by atoms with Gasteiger partial charge in [0, 0.05) is 6.42 Å². The lowest BCUT2D eigenvalue weighted by Gasteiger charge is -2.29. The Bertz CT molecular complexity index is 399. The number of hydrogen-bond donors (Lipinski definition) is 0. The third-order valence-corrected chi connectivity index (χ3v) is 2.81. The quantitative estimate of drug-likeness (QED) is 0.587. The second kappa shape index (κ2) is 6.39. The minimum Gasteiger partial charge on any atom is -0.458 e. The molecular weight excluding hydrogens is 224 g/mol. The van der Waals surface area contributed by atoms with Gasteiger partial charge in [-0.25, -0.2) is 4.79 Å². The number of rotatable bonds is 4. The molecule has 0 saturated carbocycles. The maximum absolute atomic E-state index is 12.0. The number of carbonyl (C=O) groups is 1. The Kier molecular flexibility index (Phi) is 5.14. The van der Waals surface area contributed by atoms with Crippen LogP contribution in [0.1, 0.15) is 44.5 Å². The summed E-state index contributed by atoms with van der Waals surface area (Å²) >= 11 is 0. The Morgan fingerprint density at radius 2 is 1.89 bits per heavy atom.